The summed E-state index contributed by atoms with van der Waals surface area (Å²) in [6.45, 7) is 3.82. The Bertz CT molecular complexity index is 542. The van der Waals surface area contributed by atoms with Crippen molar-refractivity contribution in [3.63, 3.8) is 0 Å². The predicted octanol–water partition coefficient (Wildman–Crippen LogP) is 4.49. The first-order valence-electron chi connectivity index (χ1n) is 6.11. The van der Waals surface area contributed by atoms with E-state index in [1.54, 1.807) is 12.1 Å². The van der Waals surface area contributed by atoms with Crippen molar-refractivity contribution in [2.24, 2.45) is 0 Å². The first-order valence-corrected chi connectivity index (χ1v) is 6.91. The molecular formula is C15H15BrFNO. The average Bonchev–Trinajstić information content (AvgIpc) is 2.42. The van der Waals surface area contributed by atoms with Crippen LogP contribution in [0.1, 0.15) is 12.5 Å². The van der Waals surface area contributed by atoms with E-state index in [-0.39, 0.29) is 11.6 Å². The van der Waals surface area contributed by atoms with E-state index < -0.39 is 0 Å². The number of halogens is 2. The molecule has 0 radical (unpaired) electrons. The van der Waals surface area contributed by atoms with E-state index in [2.05, 4.69) is 28.2 Å². The SMILES string of the molecule is CCNCc1ccc(Oc2cc(Br)ccc2F)cc1. The van der Waals surface area contributed by atoms with Gasteiger partial charge in [0.2, 0.25) is 0 Å². The first kappa shape index (κ1) is 14.0. The summed E-state index contributed by atoms with van der Waals surface area (Å²) in [5.41, 5.74) is 1.17. The summed E-state index contributed by atoms with van der Waals surface area (Å²) in [5.74, 6) is 0.464. The van der Waals surface area contributed by atoms with Crippen LogP contribution in [0.5, 0.6) is 11.5 Å². The topological polar surface area (TPSA) is 21.3 Å². The second kappa shape index (κ2) is 6.68. The van der Waals surface area contributed by atoms with Gasteiger partial charge in [0.1, 0.15) is 5.75 Å². The molecule has 2 nitrogen and oxygen atoms in total. The normalized spacial score (nSPS) is 10.5. The number of rotatable bonds is 5. The Balaban J connectivity index is 2.08. The van der Waals surface area contributed by atoms with Gasteiger partial charge in [-0.2, -0.15) is 0 Å². The van der Waals surface area contributed by atoms with Gasteiger partial charge in [-0.1, -0.05) is 35.0 Å². The van der Waals surface area contributed by atoms with E-state index in [4.69, 9.17) is 4.74 Å². The third-order valence-corrected chi connectivity index (χ3v) is 3.12. The predicted molar refractivity (Wildman–Crippen MR) is 78.0 cm³/mol. The van der Waals surface area contributed by atoms with Crippen molar-refractivity contribution < 1.29 is 9.13 Å². The standard InChI is InChI=1S/C15H15BrFNO/c1-2-18-10-11-3-6-13(7-4-11)19-15-9-12(16)5-8-14(15)17/h3-9,18H,2,10H2,1H3. The molecule has 0 fully saturated rings. The molecule has 2 aromatic carbocycles. The number of hydrogen-bond donors (Lipinski definition) is 1. The van der Waals surface area contributed by atoms with Gasteiger partial charge in [-0.3, -0.25) is 0 Å². The van der Waals surface area contributed by atoms with Crippen LogP contribution >= 0.6 is 15.9 Å². The van der Waals surface area contributed by atoms with Gasteiger partial charge in [0, 0.05) is 11.0 Å². The molecule has 0 saturated heterocycles. The van der Waals surface area contributed by atoms with Gasteiger partial charge < -0.3 is 10.1 Å². The maximum atomic E-state index is 13.5. The molecule has 100 valence electrons. The summed E-state index contributed by atoms with van der Waals surface area (Å²) in [4.78, 5) is 0. The minimum atomic E-state index is -0.375. The smallest absolute Gasteiger partial charge is 0.165 e. The monoisotopic (exact) mass is 323 g/mol. The summed E-state index contributed by atoms with van der Waals surface area (Å²) < 4.78 is 19.9. The first-order chi connectivity index (χ1) is 9.19. The van der Waals surface area contributed by atoms with Gasteiger partial charge in [-0.15, -0.1) is 0 Å². The molecule has 0 atom stereocenters. The number of ether oxygens (including phenoxy) is 1. The van der Waals surface area contributed by atoms with Crippen molar-refractivity contribution in [2.45, 2.75) is 13.5 Å². The Labute approximate surface area is 120 Å². The Kier molecular flexibility index (Phi) is 4.93. The van der Waals surface area contributed by atoms with Gasteiger partial charge in [0.25, 0.3) is 0 Å². The molecule has 19 heavy (non-hydrogen) atoms. The minimum Gasteiger partial charge on any atom is -0.454 e. The zero-order valence-corrected chi connectivity index (χ0v) is 12.2. The van der Waals surface area contributed by atoms with Gasteiger partial charge in [0.15, 0.2) is 11.6 Å². The molecule has 1 N–H and O–H groups in total. The summed E-state index contributed by atoms with van der Waals surface area (Å²) in [6.07, 6.45) is 0. The summed E-state index contributed by atoms with van der Waals surface area (Å²) in [5, 5.41) is 3.24. The highest BCUT2D eigenvalue weighted by atomic mass is 79.9. The van der Waals surface area contributed by atoms with Crippen molar-refractivity contribution in [1.29, 1.82) is 0 Å². The lowest BCUT2D eigenvalue weighted by molar-refractivity contribution is 0.441. The van der Waals surface area contributed by atoms with E-state index in [9.17, 15) is 4.39 Å². The van der Waals surface area contributed by atoms with E-state index >= 15 is 0 Å². The van der Waals surface area contributed by atoms with Crippen LogP contribution in [-0.4, -0.2) is 6.54 Å². The van der Waals surface area contributed by atoms with E-state index in [1.165, 1.54) is 11.6 Å². The lowest BCUT2D eigenvalue weighted by atomic mass is 10.2. The average molecular weight is 324 g/mol. The third kappa shape index (κ3) is 4.04. The van der Waals surface area contributed by atoms with Gasteiger partial charge in [0.05, 0.1) is 0 Å². The lowest BCUT2D eigenvalue weighted by Crippen LogP contribution is -2.11. The minimum absolute atomic E-state index is 0.216. The highest BCUT2D eigenvalue weighted by molar-refractivity contribution is 9.10. The second-order valence-electron chi connectivity index (χ2n) is 4.10. The van der Waals surface area contributed by atoms with Crippen LogP contribution in [0.25, 0.3) is 0 Å². The maximum absolute atomic E-state index is 13.5. The van der Waals surface area contributed by atoms with Crippen LogP contribution in [0.4, 0.5) is 4.39 Å². The molecule has 0 spiro atoms. The fraction of sp³-hybridized carbons (Fsp3) is 0.200. The Morgan fingerprint density at radius 3 is 2.58 bits per heavy atom. The Hall–Kier alpha value is -1.39. The number of benzene rings is 2. The molecule has 0 aliphatic heterocycles. The van der Waals surface area contributed by atoms with Crippen molar-refractivity contribution in [3.05, 3.63) is 58.3 Å². The zero-order valence-electron chi connectivity index (χ0n) is 10.6. The second-order valence-corrected chi connectivity index (χ2v) is 5.02. The van der Waals surface area contributed by atoms with Crippen LogP contribution in [0.15, 0.2) is 46.9 Å². The summed E-state index contributed by atoms with van der Waals surface area (Å²) in [7, 11) is 0. The molecular weight excluding hydrogens is 309 g/mol. The highest BCUT2D eigenvalue weighted by Crippen LogP contribution is 2.27. The summed E-state index contributed by atoms with van der Waals surface area (Å²) in [6, 6.07) is 12.2. The van der Waals surface area contributed by atoms with Gasteiger partial charge in [-0.05, 0) is 42.4 Å². The molecule has 0 aliphatic carbocycles. The maximum Gasteiger partial charge on any atom is 0.165 e. The lowest BCUT2D eigenvalue weighted by Gasteiger charge is -2.08. The van der Waals surface area contributed by atoms with E-state index in [0.717, 1.165) is 17.6 Å². The quantitative estimate of drug-likeness (QED) is 0.875. The van der Waals surface area contributed by atoms with Crippen LogP contribution < -0.4 is 10.1 Å². The molecule has 0 unspecified atom stereocenters. The fourth-order valence-corrected chi connectivity index (χ4v) is 1.97. The Morgan fingerprint density at radius 2 is 1.89 bits per heavy atom. The van der Waals surface area contributed by atoms with Crippen molar-refractivity contribution >= 4 is 15.9 Å². The fourth-order valence-electron chi connectivity index (χ4n) is 1.63. The van der Waals surface area contributed by atoms with Crippen LogP contribution in [0, 0.1) is 5.82 Å². The molecule has 4 heteroatoms. The number of hydrogen-bond acceptors (Lipinski definition) is 2. The third-order valence-electron chi connectivity index (χ3n) is 2.62. The zero-order chi connectivity index (χ0) is 13.7. The van der Waals surface area contributed by atoms with Crippen LogP contribution in [0.2, 0.25) is 0 Å². The van der Waals surface area contributed by atoms with Crippen molar-refractivity contribution in [3.8, 4) is 11.5 Å². The van der Waals surface area contributed by atoms with E-state index in [1.807, 2.05) is 24.3 Å². The van der Waals surface area contributed by atoms with E-state index in [0.29, 0.717) is 5.75 Å². The van der Waals surface area contributed by atoms with Crippen LogP contribution in [-0.2, 0) is 6.54 Å². The molecule has 0 heterocycles. The summed E-state index contributed by atoms with van der Waals surface area (Å²) >= 11 is 3.29. The molecule has 0 amide bonds. The largest absolute Gasteiger partial charge is 0.454 e. The van der Waals surface area contributed by atoms with Gasteiger partial charge >= 0.3 is 0 Å². The van der Waals surface area contributed by atoms with Crippen LogP contribution in [0.3, 0.4) is 0 Å². The molecule has 2 aromatic rings. The molecule has 2 rings (SSSR count). The molecule has 0 aromatic heterocycles. The molecule has 0 saturated carbocycles. The van der Waals surface area contributed by atoms with Gasteiger partial charge in [-0.25, -0.2) is 4.39 Å². The Morgan fingerprint density at radius 1 is 1.16 bits per heavy atom. The highest BCUT2D eigenvalue weighted by Gasteiger charge is 2.05. The van der Waals surface area contributed by atoms with Crippen molar-refractivity contribution in [1.82, 2.24) is 5.32 Å². The molecule has 0 bridgehead atoms. The van der Waals surface area contributed by atoms with Crippen molar-refractivity contribution in [2.75, 3.05) is 6.54 Å². The molecule has 0 aliphatic rings. The number of nitrogens with one attached hydrogen (secondary N) is 1.